The van der Waals surface area contributed by atoms with Crippen molar-refractivity contribution in [1.29, 1.82) is 0 Å². The highest BCUT2D eigenvalue weighted by Gasteiger charge is 2.22. The van der Waals surface area contributed by atoms with E-state index in [1.165, 1.54) is 17.5 Å². The van der Waals surface area contributed by atoms with Crippen LogP contribution in [-0.4, -0.2) is 18.7 Å². The predicted molar refractivity (Wildman–Crippen MR) is 62.4 cm³/mol. The molecule has 1 aromatic rings. The molecule has 1 aliphatic rings. The average molecular weight is 219 g/mol. The van der Waals surface area contributed by atoms with Gasteiger partial charge in [-0.2, -0.15) is 0 Å². The maximum absolute atomic E-state index is 10.8. The fourth-order valence-electron chi connectivity index (χ4n) is 1.94. The van der Waals surface area contributed by atoms with Crippen molar-refractivity contribution < 1.29 is 9.53 Å². The number of carbonyl (C=O) groups excluding carboxylic acids is 1. The number of hydrogen-bond acceptors (Lipinski definition) is 2. The van der Waals surface area contributed by atoms with Gasteiger partial charge < -0.3 is 10.1 Å². The first-order chi connectivity index (χ1) is 7.78. The third-order valence-corrected chi connectivity index (χ3v) is 2.77. The number of nitrogens with one attached hydrogen (secondary N) is 1. The molecule has 1 aromatic carbocycles. The highest BCUT2D eigenvalue weighted by molar-refractivity contribution is 5.69. The monoisotopic (exact) mass is 219 g/mol. The third-order valence-electron chi connectivity index (χ3n) is 2.77. The van der Waals surface area contributed by atoms with Gasteiger partial charge in [-0.25, -0.2) is 4.79 Å². The Hall–Kier alpha value is -1.51. The summed E-state index contributed by atoms with van der Waals surface area (Å²) >= 11 is 0. The van der Waals surface area contributed by atoms with Crippen LogP contribution in [0.3, 0.4) is 0 Å². The second-order valence-electron chi connectivity index (χ2n) is 4.18. The van der Waals surface area contributed by atoms with Crippen molar-refractivity contribution in [3.63, 3.8) is 0 Å². The minimum Gasteiger partial charge on any atom is -0.444 e. The zero-order valence-corrected chi connectivity index (χ0v) is 9.53. The Kier molecular flexibility index (Phi) is 3.44. The molecule has 1 amide bonds. The first-order valence-corrected chi connectivity index (χ1v) is 5.80. The van der Waals surface area contributed by atoms with Crippen LogP contribution in [0.4, 0.5) is 4.79 Å². The van der Waals surface area contributed by atoms with Gasteiger partial charge in [-0.3, -0.25) is 0 Å². The van der Waals surface area contributed by atoms with Crippen LogP contribution in [0.25, 0.3) is 0 Å². The van der Waals surface area contributed by atoms with E-state index in [0.29, 0.717) is 6.54 Å². The Morgan fingerprint density at radius 1 is 1.31 bits per heavy atom. The van der Waals surface area contributed by atoms with Crippen LogP contribution in [0.15, 0.2) is 24.3 Å². The molecule has 1 N–H and O–H groups in total. The van der Waals surface area contributed by atoms with Crippen LogP contribution in [0.1, 0.15) is 24.5 Å². The van der Waals surface area contributed by atoms with Crippen LogP contribution in [-0.2, 0) is 17.6 Å². The first kappa shape index (κ1) is 11.0. The number of cyclic esters (lactones) is 1. The van der Waals surface area contributed by atoms with E-state index < -0.39 is 0 Å². The van der Waals surface area contributed by atoms with E-state index in [1.54, 1.807) is 0 Å². The van der Waals surface area contributed by atoms with Gasteiger partial charge in [0, 0.05) is 6.42 Å². The molecule has 1 heterocycles. The summed E-state index contributed by atoms with van der Waals surface area (Å²) in [5.74, 6) is 0. The molecule has 1 fully saturated rings. The van der Waals surface area contributed by atoms with E-state index in [9.17, 15) is 4.79 Å². The fourth-order valence-corrected chi connectivity index (χ4v) is 1.94. The number of benzene rings is 1. The van der Waals surface area contributed by atoms with Crippen LogP contribution < -0.4 is 5.32 Å². The van der Waals surface area contributed by atoms with Gasteiger partial charge in [0.25, 0.3) is 0 Å². The average Bonchev–Trinajstić information content (AvgIpc) is 2.67. The summed E-state index contributed by atoms with van der Waals surface area (Å²) in [6, 6.07) is 8.56. The predicted octanol–water partition coefficient (Wildman–Crippen LogP) is 2.29. The van der Waals surface area contributed by atoms with Crippen molar-refractivity contribution in [2.45, 2.75) is 32.3 Å². The minimum atomic E-state index is -0.299. The smallest absolute Gasteiger partial charge is 0.407 e. The van der Waals surface area contributed by atoms with Gasteiger partial charge in [0.1, 0.15) is 6.10 Å². The van der Waals surface area contributed by atoms with Gasteiger partial charge >= 0.3 is 6.09 Å². The van der Waals surface area contributed by atoms with Gasteiger partial charge in [0.2, 0.25) is 0 Å². The van der Waals surface area contributed by atoms with Crippen LogP contribution in [0.5, 0.6) is 0 Å². The summed E-state index contributed by atoms with van der Waals surface area (Å²) in [7, 11) is 0. The lowest BCUT2D eigenvalue weighted by molar-refractivity contribution is 0.140. The Morgan fingerprint density at radius 2 is 2.00 bits per heavy atom. The molecule has 2 rings (SSSR count). The molecular formula is C13H17NO2. The molecule has 0 radical (unpaired) electrons. The van der Waals surface area contributed by atoms with E-state index in [0.717, 1.165) is 12.8 Å². The van der Waals surface area contributed by atoms with Gasteiger partial charge in [0.15, 0.2) is 0 Å². The van der Waals surface area contributed by atoms with Gasteiger partial charge in [-0.15, -0.1) is 0 Å². The maximum atomic E-state index is 10.8. The van der Waals surface area contributed by atoms with Crippen LogP contribution in [0.2, 0.25) is 0 Å². The highest BCUT2D eigenvalue weighted by Crippen LogP contribution is 2.12. The van der Waals surface area contributed by atoms with Gasteiger partial charge in [-0.1, -0.05) is 37.6 Å². The second kappa shape index (κ2) is 5.01. The van der Waals surface area contributed by atoms with Crippen molar-refractivity contribution in [2.24, 2.45) is 0 Å². The summed E-state index contributed by atoms with van der Waals surface area (Å²) in [5.41, 5.74) is 2.59. The molecule has 1 saturated heterocycles. The van der Waals surface area contributed by atoms with E-state index in [-0.39, 0.29) is 12.2 Å². The summed E-state index contributed by atoms with van der Waals surface area (Å²) in [6.07, 6.45) is 2.78. The van der Waals surface area contributed by atoms with Crippen molar-refractivity contribution in [3.8, 4) is 0 Å². The SMILES string of the molecule is CCCc1ccc(CC2CNC(=O)O2)cc1. The van der Waals surface area contributed by atoms with Crippen LogP contribution in [0, 0.1) is 0 Å². The molecule has 0 bridgehead atoms. The summed E-state index contributed by atoms with van der Waals surface area (Å²) in [6.45, 7) is 2.80. The number of amides is 1. The molecule has 1 unspecified atom stereocenters. The van der Waals surface area contributed by atoms with E-state index in [2.05, 4.69) is 36.5 Å². The molecule has 3 heteroatoms. The fraction of sp³-hybridized carbons (Fsp3) is 0.462. The molecule has 16 heavy (non-hydrogen) atoms. The first-order valence-electron chi connectivity index (χ1n) is 5.80. The van der Waals surface area contributed by atoms with Gasteiger partial charge in [-0.05, 0) is 17.5 Å². The zero-order valence-electron chi connectivity index (χ0n) is 9.53. The number of carbonyl (C=O) groups is 1. The highest BCUT2D eigenvalue weighted by atomic mass is 16.6. The molecule has 1 atom stereocenters. The van der Waals surface area contributed by atoms with Crippen molar-refractivity contribution in [2.75, 3.05) is 6.54 Å². The number of aryl methyl sites for hydroxylation is 1. The molecule has 3 nitrogen and oxygen atoms in total. The Bertz CT molecular complexity index is 359. The lowest BCUT2D eigenvalue weighted by atomic mass is 10.0. The van der Waals surface area contributed by atoms with Crippen molar-refractivity contribution in [3.05, 3.63) is 35.4 Å². The quantitative estimate of drug-likeness (QED) is 0.843. The molecule has 0 saturated carbocycles. The number of ether oxygens (including phenoxy) is 1. The van der Waals surface area contributed by atoms with E-state index in [1.807, 2.05) is 0 Å². The molecule has 1 aliphatic heterocycles. The minimum absolute atomic E-state index is 0.00970. The Morgan fingerprint density at radius 3 is 2.56 bits per heavy atom. The number of hydrogen-bond donors (Lipinski definition) is 1. The molecule has 0 spiro atoms. The number of rotatable bonds is 4. The summed E-state index contributed by atoms with van der Waals surface area (Å²) in [4.78, 5) is 10.8. The summed E-state index contributed by atoms with van der Waals surface area (Å²) < 4.78 is 5.09. The van der Waals surface area contributed by atoms with Crippen molar-refractivity contribution >= 4 is 6.09 Å². The normalized spacial score (nSPS) is 19.3. The topological polar surface area (TPSA) is 38.3 Å². The maximum Gasteiger partial charge on any atom is 0.407 e. The van der Waals surface area contributed by atoms with E-state index >= 15 is 0 Å². The molecular weight excluding hydrogens is 202 g/mol. The largest absolute Gasteiger partial charge is 0.444 e. The number of alkyl carbamates (subject to hydrolysis) is 1. The molecule has 0 aliphatic carbocycles. The van der Waals surface area contributed by atoms with E-state index in [4.69, 9.17) is 4.74 Å². The Labute approximate surface area is 95.8 Å². The molecule has 0 aromatic heterocycles. The zero-order chi connectivity index (χ0) is 11.4. The second-order valence-corrected chi connectivity index (χ2v) is 4.18. The van der Waals surface area contributed by atoms with Gasteiger partial charge in [0.05, 0.1) is 6.54 Å². The Balaban J connectivity index is 1.92. The third kappa shape index (κ3) is 2.75. The van der Waals surface area contributed by atoms with Crippen molar-refractivity contribution in [1.82, 2.24) is 5.32 Å². The standard InChI is InChI=1S/C13H17NO2/c1-2-3-10-4-6-11(7-5-10)8-12-9-14-13(15)16-12/h4-7,12H,2-3,8-9H2,1H3,(H,14,15). The van der Waals surface area contributed by atoms with Crippen LogP contribution >= 0.6 is 0 Å². The summed E-state index contributed by atoms with van der Waals surface area (Å²) in [5, 5.41) is 2.66. The lowest BCUT2D eigenvalue weighted by Crippen LogP contribution is -2.16. The lowest BCUT2D eigenvalue weighted by Gasteiger charge is -2.08. The molecule has 86 valence electrons.